The lowest BCUT2D eigenvalue weighted by molar-refractivity contribution is 0.0164. The Morgan fingerprint density at radius 1 is 1.45 bits per heavy atom. The first kappa shape index (κ1) is 14.7. The van der Waals surface area contributed by atoms with Gasteiger partial charge >= 0.3 is 6.09 Å². The number of carbonyl (C=O) groups is 1. The van der Waals surface area contributed by atoms with Crippen LogP contribution in [0.25, 0.3) is 0 Å². The molecule has 6 nitrogen and oxygen atoms in total. The Balaban J connectivity index is 1.71. The predicted molar refractivity (Wildman–Crippen MR) is 74.6 cm³/mol. The summed E-state index contributed by atoms with van der Waals surface area (Å²) in [6, 6.07) is 1.80. The van der Waals surface area contributed by atoms with Crippen LogP contribution in [0.3, 0.4) is 0 Å². The monoisotopic (exact) mass is 281 g/mol. The summed E-state index contributed by atoms with van der Waals surface area (Å²) in [5.41, 5.74) is -0.433. The number of rotatable bonds is 3. The highest BCUT2D eigenvalue weighted by Crippen LogP contribution is 2.20. The highest BCUT2D eigenvalue weighted by atomic mass is 16.6. The van der Waals surface area contributed by atoms with Crippen LogP contribution in [-0.2, 0) is 4.74 Å². The Morgan fingerprint density at radius 3 is 2.70 bits per heavy atom. The van der Waals surface area contributed by atoms with Gasteiger partial charge in [-0.3, -0.25) is 0 Å². The molecule has 0 aliphatic carbocycles. The van der Waals surface area contributed by atoms with Crippen LogP contribution in [0.5, 0.6) is 5.88 Å². The van der Waals surface area contributed by atoms with Gasteiger partial charge in [0.2, 0.25) is 5.88 Å². The highest BCUT2D eigenvalue weighted by Gasteiger charge is 2.27. The smallest absolute Gasteiger partial charge is 0.410 e. The number of carbonyl (C=O) groups excluding carboxylic acids is 1. The molecule has 1 aromatic rings. The van der Waals surface area contributed by atoms with E-state index in [1.807, 2.05) is 20.8 Å². The van der Waals surface area contributed by atoms with Crippen molar-refractivity contribution < 1.29 is 14.3 Å². The molecule has 0 bridgehead atoms. The van der Waals surface area contributed by atoms with E-state index in [2.05, 4.69) is 10.2 Å². The number of H-pyrrole nitrogens is 1. The number of piperidine rings is 1. The zero-order chi connectivity index (χ0) is 14.6. The quantitative estimate of drug-likeness (QED) is 0.924. The van der Waals surface area contributed by atoms with Crippen molar-refractivity contribution in [1.82, 2.24) is 15.1 Å². The fraction of sp³-hybridized carbons (Fsp3) is 0.714. The van der Waals surface area contributed by atoms with Gasteiger partial charge in [-0.05, 0) is 39.5 Å². The highest BCUT2D eigenvalue weighted by molar-refractivity contribution is 5.68. The van der Waals surface area contributed by atoms with Crippen LogP contribution in [0.4, 0.5) is 4.79 Å². The molecule has 1 amide bonds. The molecule has 112 valence electrons. The Bertz CT molecular complexity index is 417. The zero-order valence-electron chi connectivity index (χ0n) is 12.4. The lowest BCUT2D eigenvalue weighted by atomic mass is 9.98. The van der Waals surface area contributed by atoms with Crippen LogP contribution in [-0.4, -0.2) is 46.5 Å². The van der Waals surface area contributed by atoms with Crippen LogP contribution in [0.1, 0.15) is 33.6 Å². The second-order valence-electron chi connectivity index (χ2n) is 6.14. The van der Waals surface area contributed by atoms with E-state index in [1.165, 1.54) is 0 Å². The summed E-state index contributed by atoms with van der Waals surface area (Å²) < 4.78 is 11.0. The van der Waals surface area contributed by atoms with Gasteiger partial charge < -0.3 is 14.4 Å². The van der Waals surface area contributed by atoms with Gasteiger partial charge in [-0.25, -0.2) is 9.89 Å². The fourth-order valence-electron chi connectivity index (χ4n) is 2.14. The van der Waals surface area contributed by atoms with Crippen molar-refractivity contribution in [2.75, 3.05) is 19.7 Å². The maximum Gasteiger partial charge on any atom is 0.410 e. The van der Waals surface area contributed by atoms with E-state index in [-0.39, 0.29) is 6.09 Å². The van der Waals surface area contributed by atoms with Crippen LogP contribution in [0, 0.1) is 5.92 Å². The van der Waals surface area contributed by atoms with Crippen molar-refractivity contribution in [3.05, 3.63) is 12.3 Å². The topological polar surface area (TPSA) is 67.4 Å². The first-order valence-electron chi connectivity index (χ1n) is 7.04. The maximum atomic E-state index is 11.9. The van der Waals surface area contributed by atoms with E-state index in [1.54, 1.807) is 17.2 Å². The van der Waals surface area contributed by atoms with Crippen molar-refractivity contribution in [1.29, 1.82) is 0 Å². The van der Waals surface area contributed by atoms with E-state index >= 15 is 0 Å². The van der Waals surface area contributed by atoms with Gasteiger partial charge in [0.15, 0.2) is 0 Å². The van der Waals surface area contributed by atoms with Crippen molar-refractivity contribution in [2.45, 2.75) is 39.2 Å². The molecule has 6 heteroatoms. The minimum absolute atomic E-state index is 0.217. The average molecular weight is 281 g/mol. The molecule has 1 fully saturated rings. The van der Waals surface area contributed by atoms with E-state index in [9.17, 15) is 4.79 Å². The average Bonchev–Trinajstić information content (AvgIpc) is 2.88. The minimum atomic E-state index is -0.433. The molecular formula is C14H23N3O3. The molecule has 0 radical (unpaired) electrons. The maximum absolute atomic E-state index is 11.9. The molecule has 2 rings (SSSR count). The minimum Gasteiger partial charge on any atom is -0.478 e. The van der Waals surface area contributed by atoms with Gasteiger partial charge in [-0.1, -0.05) is 0 Å². The molecule has 1 aromatic heterocycles. The van der Waals surface area contributed by atoms with E-state index in [0.29, 0.717) is 18.4 Å². The van der Waals surface area contributed by atoms with Gasteiger partial charge in [0.05, 0.1) is 12.8 Å². The van der Waals surface area contributed by atoms with Gasteiger partial charge in [-0.15, -0.1) is 0 Å². The summed E-state index contributed by atoms with van der Waals surface area (Å²) in [6.07, 6.45) is 3.33. The second kappa shape index (κ2) is 6.15. The Morgan fingerprint density at radius 2 is 2.15 bits per heavy atom. The van der Waals surface area contributed by atoms with Gasteiger partial charge in [0, 0.05) is 19.2 Å². The summed E-state index contributed by atoms with van der Waals surface area (Å²) in [5.74, 6) is 1.16. The molecule has 0 spiro atoms. The second-order valence-corrected chi connectivity index (χ2v) is 6.14. The number of nitrogens with zero attached hydrogens (tertiary/aromatic N) is 2. The Kier molecular flexibility index (Phi) is 4.52. The number of amides is 1. The number of likely N-dealkylation sites (tertiary alicyclic amines) is 1. The molecule has 0 unspecified atom stereocenters. The summed E-state index contributed by atoms with van der Waals surface area (Å²) in [6.45, 7) is 7.77. The standard InChI is InChI=1S/C14H23N3O3/c1-14(2,3)20-13(18)17-8-5-11(6-9-17)10-19-12-4-7-15-16-12/h4,7,11H,5-6,8-10H2,1-3H3,(H,15,16). The number of hydrogen-bond donors (Lipinski definition) is 1. The Hall–Kier alpha value is -1.72. The van der Waals surface area contributed by atoms with Crippen molar-refractivity contribution in [3.8, 4) is 5.88 Å². The van der Waals surface area contributed by atoms with Crippen LogP contribution in [0.15, 0.2) is 12.3 Å². The normalized spacial score (nSPS) is 17.1. The lowest BCUT2D eigenvalue weighted by Crippen LogP contribution is -2.42. The predicted octanol–water partition coefficient (Wildman–Crippen LogP) is 2.44. The van der Waals surface area contributed by atoms with Crippen LogP contribution in [0.2, 0.25) is 0 Å². The number of aromatic amines is 1. The molecule has 1 aliphatic heterocycles. The number of hydrogen-bond acceptors (Lipinski definition) is 4. The zero-order valence-corrected chi connectivity index (χ0v) is 12.4. The third kappa shape index (κ3) is 4.43. The summed E-state index contributed by atoms with van der Waals surface area (Å²) in [4.78, 5) is 13.7. The Labute approximate surface area is 119 Å². The van der Waals surface area contributed by atoms with E-state index in [4.69, 9.17) is 9.47 Å². The van der Waals surface area contributed by atoms with Crippen LogP contribution >= 0.6 is 0 Å². The van der Waals surface area contributed by atoms with Crippen LogP contribution < -0.4 is 4.74 Å². The molecule has 1 aliphatic rings. The van der Waals surface area contributed by atoms with E-state index in [0.717, 1.165) is 25.9 Å². The summed E-state index contributed by atoms with van der Waals surface area (Å²) >= 11 is 0. The summed E-state index contributed by atoms with van der Waals surface area (Å²) in [5, 5.41) is 6.61. The van der Waals surface area contributed by atoms with Gasteiger partial charge in [0.25, 0.3) is 0 Å². The first-order chi connectivity index (χ1) is 9.44. The third-order valence-electron chi connectivity index (χ3n) is 3.22. The lowest BCUT2D eigenvalue weighted by Gasteiger charge is -2.33. The van der Waals surface area contributed by atoms with Gasteiger partial charge in [0.1, 0.15) is 5.60 Å². The van der Waals surface area contributed by atoms with Crippen molar-refractivity contribution in [2.24, 2.45) is 5.92 Å². The number of nitrogens with one attached hydrogen (secondary N) is 1. The molecule has 1 N–H and O–H groups in total. The number of aromatic nitrogens is 2. The molecule has 1 saturated heterocycles. The number of ether oxygens (including phenoxy) is 2. The SMILES string of the molecule is CC(C)(C)OC(=O)N1CCC(COc2ccn[nH]2)CC1. The largest absolute Gasteiger partial charge is 0.478 e. The third-order valence-corrected chi connectivity index (χ3v) is 3.22. The molecule has 0 aromatic carbocycles. The first-order valence-corrected chi connectivity index (χ1v) is 7.04. The summed E-state index contributed by atoms with van der Waals surface area (Å²) in [7, 11) is 0. The van der Waals surface area contributed by atoms with Crippen molar-refractivity contribution in [3.63, 3.8) is 0 Å². The van der Waals surface area contributed by atoms with Gasteiger partial charge in [-0.2, -0.15) is 5.10 Å². The molecular weight excluding hydrogens is 258 g/mol. The van der Waals surface area contributed by atoms with Crippen molar-refractivity contribution >= 4 is 6.09 Å². The molecule has 0 saturated carbocycles. The van der Waals surface area contributed by atoms with E-state index < -0.39 is 5.60 Å². The molecule has 2 heterocycles. The molecule has 20 heavy (non-hydrogen) atoms. The molecule has 0 atom stereocenters. The fourth-order valence-corrected chi connectivity index (χ4v) is 2.14.